The maximum Gasteiger partial charge on any atom is 0.496 e. The van der Waals surface area contributed by atoms with Crippen molar-refractivity contribution in [2.45, 2.75) is 102 Å². The van der Waals surface area contributed by atoms with Crippen LogP contribution in [0, 0.1) is 0 Å². The van der Waals surface area contributed by atoms with E-state index in [0.717, 1.165) is 10.4 Å². The lowest BCUT2D eigenvalue weighted by atomic mass is 9.80. The summed E-state index contributed by atoms with van der Waals surface area (Å²) in [5, 5.41) is 2.19. The number of carbonyl (C=O) groups is 4. The highest BCUT2D eigenvalue weighted by molar-refractivity contribution is 6.62. The molecule has 1 aliphatic carbocycles. The Bertz CT molecular complexity index is 1730. The highest BCUT2D eigenvalue weighted by Gasteiger charge is 2.52. The van der Waals surface area contributed by atoms with Crippen LogP contribution in [0.25, 0.3) is 0 Å². The molecule has 3 saturated heterocycles. The van der Waals surface area contributed by atoms with E-state index in [1.165, 1.54) is 0 Å². The standard InChI is InChI=1S/C37H46BF2N5O8/c1-35(2)36(3,4)53-38(52-35)23-6-11-31(41-21-23)51-26-19-25(20-26)50-17-5-12-37(39,40)22-43-13-15-44(16-14-43)24-7-8-27-28(18-24)34(49)45(33(27)48)29-9-10-30(46)42-32(29)47/h6-8,11,18,21,25-26,29H,5,9-10,12-17,19-20,22H2,1-4H3,(H,42,46,47). The second-order valence-electron chi connectivity index (χ2n) is 15.6. The molecule has 1 aromatic heterocycles. The van der Waals surface area contributed by atoms with E-state index in [-0.39, 0.29) is 62.2 Å². The summed E-state index contributed by atoms with van der Waals surface area (Å²) >= 11 is 0. The first kappa shape index (κ1) is 37.3. The third kappa shape index (κ3) is 7.82. The zero-order valence-electron chi connectivity index (χ0n) is 30.6. The lowest BCUT2D eigenvalue weighted by molar-refractivity contribution is -0.136. The minimum absolute atomic E-state index is 0.0288. The van der Waals surface area contributed by atoms with E-state index in [0.29, 0.717) is 50.6 Å². The lowest BCUT2D eigenvalue weighted by Gasteiger charge is -2.37. The third-order valence-electron chi connectivity index (χ3n) is 11.3. The van der Waals surface area contributed by atoms with Crippen molar-refractivity contribution in [1.29, 1.82) is 0 Å². The Morgan fingerprint density at radius 3 is 2.30 bits per heavy atom. The van der Waals surface area contributed by atoms with Crippen molar-refractivity contribution in [2.75, 3.05) is 44.2 Å². The first-order valence-corrected chi connectivity index (χ1v) is 18.4. The molecule has 4 amide bonds. The summed E-state index contributed by atoms with van der Waals surface area (Å²) < 4.78 is 53.9. The highest BCUT2D eigenvalue weighted by Crippen LogP contribution is 2.37. The smallest absolute Gasteiger partial charge is 0.474 e. The Morgan fingerprint density at radius 2 is 1.64 bits per heavy atom. The molecule has 5 aliphatic rings. The second kappa shape index (κ2) is 14.3. The number of amides is 4. The number of nitrogens with zero attached hydrogens (tertiary/aromatic N) is 4. The van der Waals surface area contributed by atoms with Crippen molar-refractivity contribution < 1.29 is 46.7 Å². The molecule has 1 saturated carbocycles. The average Bonchev–Trinajstić information content (AvgIpc) is 3.47. The van der Waals surface area contributed by atoms with Crippen molar-refractivity contribution in [1.82, 2.24) is 20.1 Å². The van der Waals surface area contributed by atoms with Crippen LogP contribution in [0.3, 0.4) is 0 Å². The average molecular weight is 738 g/mol. The zero-order chi connectivity index (χ0) is 37.7. The van der Waals surface area contributed by atoms with Crippen molar-refractivity contribution in [3.8, 4) is 5.88 Å². The molecule has 5 heterocycles. The van der Waals surface area contributed by atoms with Gasteiger partial charge in [0.15, 0.2) is 0 Å². The number of hydrogen-bond acceptors (Lipinski definition) is 11. The van der Waals surface area contributed by atoms with Gasteiger partial charge in [0.05, 0.1) is 35.0 Å². The fourth-order valence-corrected chi connectivity index (χ4v) is 7.31. The maximum atomic E-state index is 15.0. The largest absolute Gasteiger partial charge is 0.496 e. The Kier molecular flexibility index (Phi) is 10.1. The van der Waals surface area contributed by atoms with Crippen LogP contribution in [-0.2, 0) is 23.6 Å². The van der Waals surface area contributed by atoms with Gasteiger partial charge in [0.25, 0.3) is 17.7 Å². The summed E-state index contributed by atoms with van der Waals surface area (Å²) in [4.78, 5) is 59.2. The number of imide groups is 2. The molecule has 7 rings (SSSR count). The van der Waals surface area contributed by atoms with Gasteiger partial charge in [-0.05, 0) is 64.8 Å². The van der Waals surface area contributed by atoms with Gasteiger partial charge in [0.1, 0.15) is 12.1 Å². The van der Waals surface area contributed by atoms with Crippen LogP contribution in [0.2, 0.25) is 0 Å². The van der Waals surface area contributed by atoms with Crippen LogP contribution in [0.15, 0.2) is 36.5 Å². The molecule has 0 radical (unpaired) electrons. The SMILES string of the molecule is CC1(C)OB(c2ccc(OC3CC(OCCCC(F)(F)CN4CCN(c5ccc6c(c5)C(=O)N(C5CCC(=O)NC5=O)C6=O)CC4)C3)nc2)OC1(C)C. The third-order valence-corrected chi connectivity index (χ3v) is 11.3. The van der Waals surface area contributed by atoms with Crippen molar-refractivity contribution in [3.05, 3.63) is 47.7 Å². The molecule has 1 aromatic carbocycles. The summed E-state index contributed by atoms with van der Waals surface area (Å²) in [7, 11) is -0.491. The number of hydrogen-bond donors (Lipinski definition) is 1. The number of anilines is 1. The molecule has 1 unspecified atom stereocenters. The molecule has 2 aromatic rings. The van der Waals surface area contributed by atoms with Crippen molar-refractivity contribution >= 4 is 41.9 Å². The van der Waals surface area contributed by atoms with Crippen molar-refractivity contribution in [2.24, 2.45) is 0 Å². The minimum Gasteiger partial charge on any atom is -0.474 e. The van der Waals surface area contributed by atoms with E-state index in [2.05, 4.69) is 10.3 Å². The van der Waals surface area contributed by atoms with E-state index < -0.39 is 53.9 Å². The number of carbonyl (C=O) groups excluding carboxylic acids is 4. The molecular weight excluding hydrogens is 691 g/mol. The summed E-state index contributed by atoms with van der Waals surface area (Å²) in [5.41, 5.74) is 1.05. The first-order valence-electron chi connectivity index (χ1n) is 18.4. The summed E-state index contributed by atoms with van der Waals surface area (Å²) in [6.45, 7) is 9.69. The number of alkyl halides is 2. The van der Waals surface area contributed by atoms with Crippen LogP contribution < -0.4 is 20.4 Å². The molecule has 0 bridgehead atoms. The van der Waals surface area contributed by atoms with Crippen LogP contribution in [0.1, 0.15) is 86.9 Å². The van der Waals surface area contributed by atoms with E-state index in [9.17, 15) is 28.0 Å². The number of halogens is 2. The zero-order valence-corrected chi connectivity index (χ0v) is 30.6. The van der Waals surface area contributed by atoms with Crippen LogP contribution in [-0.4, -0.2) is 120 Å². The van der Waals surface area contributed by atoms with Gasteiger partial charge in [-0.25, -0.2) is 13.8 Å². The van der Waals surface area contributed by atoms with Crippen molar-refractivity contribution in [3.63, 3.8) is 0 Å². The first-order chi connectivity index (χ1) is 25.1. The molecule has 0 spiro atoms. The van der Waals surface area contributed by atoms with Gasteiger partial charge in [0.2, 0.25) is 17.7 Å². The molecule has 4 fully saturated rings. The number of piperazine rings is 1. The topological polar surface area (TPSA) is 140 Å². The van der Waals surface area contributed by atoms with E-state index >= 15 is 0 Å². The molecule has 4 aliphatic heterocycles. The van der Waals surface area contributed by atoms with Gasteiger partial charge in [-0.15, -0.1) is 0 Å². The van der Waals surface area contributed by atoms with Crippen LogP contribution in [0.5, 0.6) is 5.88 Å². The normalized spacial score (nSPS) is 25.8. The fourth-order valence-electron chi connectivity index (χ4n) is 7.31. The quantitative estimate of drug-likeness (QED) is 0.196. The number of fused-ring (bicyclic) bond motifs is 1. The number of benzene rings is 1. The van der Waals surface area contributed by atoms with E-state index in [1.807, 2.05) is 38.7 Å². The maximum absolute atomic E-state index is 15.0. The predicted octanol–water partition coefficient (Wildman–Crippen LogP) is 2.95. The molecular formula is C37H46BF2N5O8. The summed E-state index contributed by atoms with van der Waals surface area (Å²) in [6, 6.07) is 7.58. The number of pyridine rings is 1. The molecule has 1 N–H and O–H groups in total. The van der Waals surface area contributed by atoms with Gasteiger partial charge in [-0.1, -0.05) is 6.07 Å². The van der Waals surface area contributed by atoms with Crippen LogP contribution >= 0.6 is 0 Å². The Hall–Kier alpha value is -3.99. The second-order valence-corrected chi connectivity index (χ2v) is 15.6. The van der Waals surface area contributed by atoms with E-state index in [4.69, 9.17) is 18.8 Å². The van der Waals surface area contributed by atoms with E-state index in [1.54, 1.807) is 35.4 Å². The number of nitrogens with one attached hydrogen (secondary N) is 1. The number of aromatic nitrogens is 1. The number of piperidine rings is 1. The van der Waals surface area contributed by atoms with Crippen LogP contribution in [0.4, 0.5) is 14.5 Å². The molecule has 16 heteroatoms. The Balaban J connectivity index is 0.793. The van der Waals surface area contributed by atoms with Gasteiger partial charge < -0.3 is 23.7 Å². The van der Waals surface area contributed by atoms with Gasteiger partial charge in [-0.3, -0.25) is 34.3 Å². The fraction of sp³-hybridized carbons (Fsp3) is 0.595. The Labute approximate surface area is 307 Å². The predicted molar refractivity (Wildman–Crippen MR) is 189 cm³/mol. The number of ether oxygens (including phenoxy) is 2. The molecule has 1 atom stereocenters. The monoisotopic (exact) mass is 737 g/mol. The highest BCUT2D eigenvalue weighted by atomic mass is 19.3. The molecule has 13 nitrogen and oxygen atoms in total. The summed E-state index contributed by atoms with van der Waals surface area (Å²) in [5.74, 6) is -4.60. The molecule has 284 valence electrons. The van der Waals surface area contributed by atoms with Gasteiger partial charge >= 0.3 is 7.12 Å². The lowest BCUT2D eigenvalue weighted by Crippen LogP contribution is -2.54. The Morgan fingerprint density at radius 1 is 0.943 bits per heavy atom. The summed E-state index contributed by atoms with van der Waals surface area (Å²) in [6.07, 6.45) is 3.08. The number of rotatable bonds is 12. The van der Waals surface area contributed by atoms with Gasteiger partial charge in [-0.2, -0.15) is 0 Å². The minimum atomic E-state index is -2.87. The molecule has 53 heavy (non-hydrogen) atoms. The van der Waals surface area contributed by atoms with Gasteiger partial charge in [0, 0.05) is 75.8 Å².